The van der Waals surface area contributed by atoms with Crippen LogP contribution >= 0.6 is 11.3 Å². The highest BCUT2D eigenvalue weighted by Gasteiger charge is 2.09. The third-order valence-corrected chi connectivity index (χ3v) is 3.57. The van der Waals surface area contributed by atoms with Crippen LogP contribution in [0.2, 0.25) is 0 Å². The van der Waals surface area contributed by atoms with Gasteiger partial charge in [-0.25, -0.2) is 0 Å². The molecule has 2 aromatic heterocycles. The van der Waals surface area contributed by atoms with E-state index in [-0.39, 0.29) is 0 Å². The fourth-order valence-corrected chi connectivity index (χ4v) is 2.47. The first-order chi connectivity index (χ1) is 8.06. The van der Waals surface area contributed by atoms with Gasteiger partial charge < -0.3 is 0 Å². The predicted octanol–water partition coefficient (Wildman–Crippen LogP) is 1.52. The van der Waals surface area contributed by atoms with Gasteiger partial charge in [-0.1, -0.05) is 0 Å². The highest BCUT2D eigenvalue weighted by molar-refractivity contribution is 7.11. The smallest absolute Gasteiger partial charge is 0.131 e. The number of nitrogens with zero attached hydrogens (tertiary/aromatic N) is 5. The van der Waals surface area contributed by atoms with Crippen molar-refractivity contribution in [2.24, 2.45) is 7.05 Å². The molecule has 0 unspecified atom stereocenters. The van der Waals surface area contributed by atoms with Gasteiger partial charge in [-0.2, -0.15) is 5.10 Å². The molecule has 6 heteroatoms. The Morgan fingerprint density at radius 3 is 2.59 bits per heavy atom. The van der Waals surface area contributed by atoms with E-state index in [0.29, 0.717) is 0 Å². The van der Waals surface area contributed by atoms with Crippen molar-refractivity contribution >= 4 is 11.3 Å². The van der Waals surface area contributed by atoms with E-state index in [4.69, 9.17) is 0 Å². The lowest BCUT2D eigenvalue weighted by Crippen LogP contribution is -2.17. The van der Waals surface area contributed by atoms with Gasteiger partial charge in [-0.05, 0) is 20.9 Å². The summed E-state index contributed by atoms with van der Waals surface area (Å²) in [7, 11) is 4.05. The molecular weight excluding hydrogens is 234 g/mol. The first kappa shape index (κ1) is 12.2. The van der Waals surface area contributed by atoms with Gasteiger partial charge in [0.1, 0.15) is 10.0 Å². The molecule has 92 valence electrons. The second-order valence-corrected chi connectivity index (χ2v) is 5.53. The van der Waals surface area contributed by atoms with Crippen LogP contribution in [0.25, 0.3) is 0 Å². The quantitative estimate of drug-likeness (QED) is 0.826. The Morgan fingerprint density at radius 2 is 2.06 bits per heavy atom. The fourth-order valence-electron chi connectivity index (χ4n) is 1.68. The maximum Gasteiger partial charge on any atom is 0.131 e. The third-order valence-electron chi connectivity index (χ3n) is 2.75. The molecule has 0 bridgehead atoms. The molecule has 17 heavy (non-hydrogen) atoms. The largest absolute Gasteiger partial charge is 0.295 e. The van der Waals surface area contributed by atoms with Crippen molar-refractivity contribution in [2.75, 3.05) is 7.05 Å². The van der Waals surface area contributed by atoms with Gasteiger partial charge in [0, 0.05) is 24.8 Å². The van der Waals surface area contributed by atoms with Gasteiger partial charge >= 0.3 is 0 Å². The van der Waals surface area contributed by atoms with Crippen LogP contribution in [0.3, 0.4) is 0 Å². The van der Waals surface area contributed by atoms with E-state index in [9.17, 15) is 0 Å². The summed E-state index contributed by atoms with van der Waals surface area (Å²) in [6.07, 6.45) is 1.93. The lowest BCUT2D eigenvalue weighted by atomic mass is 10.2. The topological polar surface area (TPSA) is 46.8 Å². The molecular formula is C11H17N5S. The van der Waals surface area contributed by atoms with E-state index in [1.807, 2.05) is 24.9 Å². The van der Waals surface area contributed by atoms with Gasteiger partial charge in [0.15, 0.2) is 0 Å². The van der Waals surface area contributed by atoms with Crippen LogP contribution < -0.4 is 0 Å². The summed E-state index contributed by atoms with van der Waals surface area (Å²) in [5.41, 5.74) is 2.47. The summed E-state index contributed by atoms with van der Waals surface area (Å²) in [5.74, 6) is 0. The Bertz CT molecular complexity index is 502. The van der Waals surface area contributed by atoms with Crippen LogP contribution in [-0.4, -0.2) is 31.9 Å². The highest BCUT2D eigenvalue weighted by Crippen LogP contribution is 2.13. The van der Waals surface area contributed by atoms with E-state index in [0.717, 1.165) is 23.1 Å². The molecule has 0 aliphatic carbocycles. The van der Waals surface area contributed by atoms with E-state index in [2.05, 4.69) is 34.2 Å². The SMILES string of the molecule is Cc1nnc(CN(C)Cc2cnn(C)c2C)s1. The lowest BCUT2D eigenvalue weighted by molar-refractivity contribution is 0.317. The molecule has 0 saturated heterocycles. The molecule has 0 amide bonds. The van der Waals surface area contributed by atoms with Gasteiger partial charge in [0.25, 0.3) is 0 Å². The Labute approximate surface area is 105 Å². The second kappa shape index (κ2) is 4.93. The summed E-state index contributed by atoms with van der Waals surface area (Å²) in [6, 6.07) is 0. The van der Waals surface area contributed by atoms with Crippen LogP contribution in [0.5, 0.6) is 0 Å². The summed E-state index contributed by atoms with van der Waals surface area (Å²) < 4.78 is 1.90. The molecule has 0 aliphatic heterocycles. The summed E-state index contributed by atoms with van der Waals surface area (Å²) in [6.45, 7) is 5.79. The van der Waals surface area contributed by atoms with Crippen molar-refractivity contribution in [2.45, 2.75) is 26.9 Å². The van der Waals surface area contributed by atoms with Crippen molar-refractivity contribution in [3.8, 4) is 0 Å². The first-order valence-electron chi connectivity index (χ1n) is 5.51. The number of aryl methyl sites for hydroxylation is 2. The van der Waals surface area contributed by atoms with E-state index in [1.54, 1.807) is 11.3 Å². The first-order valence-corrected chi connectivity index (χ1v) is 6.33. The molecule has 0 radical (unpaired) electrons. The number of hydrogen-bond donors (Lipinski definition) is 0. The molecule has 0 saturated carbocycles. The van der Waals surface area contributed by atoms with Crippen LogP contribution in [-0.2, 0) is 20.1 Å². The Hall–Kier alpha value is -1.27. The van der Waals surface area contributed by atoms with Crippen LogP contribution in [0.15, 0.2) is 6.20 Å². The summed E-state index contributed by atoms with van der Waals surface area (Å²) >= 11 is 1.65. The molecule has 0 spiro atoms. The second-order valence-electron chi connectivity index (χ2n) is 4.27. The summed E-state index contributed by atoms with van der Waals surface area (Å²) in [4.78, 5) is 2.23. The van der Waals surface area contributed by atoms with Crippen LogP contribution in [0.4, 0.5) is 0 Å². The van der Waals surface area contributed by atoms with Gasteiger partial charge in [-0.15, -0.1) is 21.5 Å². The van der Waals surface area contributed by atoms with Crippen molar-refractivity contribution in [3.63, 3.8) is 0 Å². The third kappa shape index (κ3) is 2.89. The minimum atomic E-state index is 0.833. The molecule has 0 aliphatic rings. The summed E-state index contributed by atoms with van der Waals surface area (Å²) in [5, 5.41) is 14.5. The van der Waals surface area contributed by atoms with Crippen LogP contribution in [0.1, 0.15) is 21.3 Å². The van der Waals surface area contributed by atoms with E-state index < -0.39 is 0 Å². The van der Waals surface area contributed by atoms with Gasteiger partial charge in [-0.3, -0.25) is 9.58 Å². The predicted molar refractivity (Wildman–Crippen MR) is 67.8 cm³/mol. The Morgan fingerprint density at radius 1 is 1.29 bits per heavy atom. The van der Waals surface area contributed by atoms with Gasteiger partial charge in [0.2, 0.25) is 0 Å². The zero-order valence-electron chi connectivity index (χ0n) is 10.6. The molecule has 0 atom stereocenters. The number of aromatic nitrogens is 4. The van der Waals surface area contributed by atoms with E-state index in [1.165, 1.54) is 11.3 Å². The normalized spacial score (nSPS) is 11.4. The van der Waals surface area contributed by atoms with Crippen molar-refractivity contribution < 1.29 is 0 Å². The fraction of sp³-hybridized carbons (Fsp3) is 0.545. The Balaban J connectivity index is 1.97. The standard InChI is InChI=1S/C11H17N5S/c1-8-10(5-12-16(8)4)6-15(3)7-11-14-13-9(2)17-11/h5H,6-7H2,1-4H3. The average Bonchev–Trinajstić information content (AvgIpc) is 2.79. The van der Waals surface area contributed by atoms with Crippen molar-refractivity contribution in [1.29, 1.82) is 0 Å². The molecule has 2 rings (SSSR count). The minimum absolute atomic E-state index is 0.833. The van der Waals surface area contributed by atoms with Gasteiger partial charge in [0.05, 0.1) is 12.7 Å². The molecule has 0 fully saturated rings. The number of rotatable bonds is 4. The average molecular weight is 251 g/mol. The van der Waals surface area contributed by atoms with Crippen molar-refractivity contribution in [1.82, 2.24) is 24.9 Å². The highest BCUT2D eigenvalue weighted by atomic mass is 32.1. The molecule has 5 nitrogen and oxygen atoms in total. The monoisotopic (exact) mass is 251 g/mol. The molecule has 2 aromatic rings. The molecule has 0 aromatic carbocycles. The lowest BCUT2D eigenvalue weighted by Gasteiger charge is -2.14. The zero-order chi connectivity index (χ0) is 12.4. The number of hydrogen-bond acceptors (Lipinski definition) is 5. The van der Waals surface area contributed by atoms with Crippen LogP contribution in [0, 0.1) is 13.8 Å². The minimum Gasteiger partial charge on any atom is -0.295 e. The maximum atomic E-state index is 4.25. The Kier molecular flexibility index (Phi) is 3.54. The zero-order valence-corrected chi connectivity index (χ0v) is 11.5. The molecule has 0 N–H and O–H groups in total. The van der Waals surface area contributed by atoms with E-state index >= 15 is 0 Å². The molecule has 2 heterocycles. The van der Waals surface area contributed by atoms with Crippen molar-refractivity contribution in [3.05, 3.63) is 27.5 Å². The maximum absolute atomic E-state index is 4.25.